The van der Waals surface area contributed by atoms with Crippen LogP contribution in [-0.2, 0) is 0 Å². The summed E-state index contributed by atoms with van der Waals surface area (Å²) in [6.45, 7) is 7.68. The molecule has 0 aromatic heterocycles. The topological polar surface area (TPSA) is 29.3 Å². The zero-order chi connectivity index (χ0) is 8.27. The van der Waals surface area contributed by atoms with Gasteiger partial charge in [0.15, 0.2) is 0 Å². The third-order valence-electron chi connectivity index (χ3n) is 2.29. The molecule has 0 radical (unpaired) electrons. The Hall–Kier alpha value is -0.340. The lowest BCUT2D eigenvalue weighted by Gasteiger charge is -2.27. The average molecular weight is 154 g/mol. The van der Waals surface area contributed by atoms with Gasteiger partial charge in [0.25, 0.3) is 0 Å². The van der Waals surface area contributed by atoms with Gasteiger partial charge in [0.1, 0.15) is 0 Å². The van der Waals surface area contributed by atoms with Crippen molar-refractivity contribution in [3.63, 3.8) is 0 Å². The van der Waals surface area contributed by atoms with Crippen molar-refractivity contribution in [1.82, 2.24) is 4.90 Å². The van der Waals surface area contributed by atoms with Crippen molar-refractivity contribution in [3.8, 4) is 0 Å². The van der Waals surface area contributed by atoms with Crippen LogP contribution in [0.1, 0.15) is 20.3 Å². The molecule has 1 unspecified atom stereocenters. The molecule has 0 spiro atoms. The third-order valence-corrected chi connectivity index (χ3v) is 2.29. The Bertz CT molecular complexity index is 150. The first-order valence-corrected chi connectivity index (χ1v) is 4.41. The molecule has 0 amide bonds. The molecular weight excluding hydrogens is 136 g/mol. The van der Waals surface area contributed by atoms with Gasteiger partial charge >= 0.3 is 0 Å². The lowest BCUT2D eigenvalue weighted by molar-refractivity contribution is 0.300. The van der Waals surface area contributed by atoms with Crippen molar-refractivity contribution in [3.05, 3.63) is 11.6 Å². The van der Waals surface area contributed by atoms with Crippen LogP contribution in [0.2, 0.25) is 0 Å². The standard InChI is InChI=1S/C9H18N2/c1-3-11-6-4-5-9(7-11)8(2)10/h5,8H,3-4,6-7,10H2,1-2H3. The highest BCUT2D eigenvalue weighted by atomic mass is 15.1. The molecule has 0 fully saturated rings. The molecule has 0 bridgehead atoms. The first-order chi connectivity index (χ1) is 5.24. The Morgan fingerprint density at radius 2 is 2.45 bits per heavy atom. The van der Waals surface area contributed by atoms with Crippen LogP contribution < -0.4 is 5.73 Å². The maximum absolute atomic E-state index is 5.79. The van der Waals surface area contributed by atoms with Gasteiger partial charge < -0.3 is 5.73 Å². The van der Waals surface area contributed by atoms with Crippen molar-refractivity contribution in [2.45, 2.75) is 26.3 Å². The van der Waals surface area contributed by atoms with Crippen LogP contribution in [0.25, 0.3) is 0 Å². The molecule has 1 heterocycles. The zero-order valence-corrected chi connectivity index (χ0v) is 7.51. The van der Waals surface area contributed by atoms with Crippen LogP contribution in [0, 0.1) is 0 Å². The average Bonchev–Trinajstić information content (AvgIpc) is 2.05. The number of hydrogen-bond donors (Lipinski definition) is 1. The van der Waals surface area contributed by atoms with Gasteiger partial charge in [-0.15, -0.1) is 0 Å². The van der Waals surface area contributed by atoms with E-state index in [2.05, 4.69) is 24.8 Å². The number of nitrogens with two attached hydrogens (primary N) is 1. The van der Waals surface area contributed by atoms with Crippen LogP contribution in [0.15, 0.2) is 11.6 Å². The summed E-state index contributed by atoms with van der Waals surface area (Å²) in [5.41, 5.74) is 7.19. The Morgan fingerprint density at radius 1 is 1.73 bits per heavy atom. The SMILES string of the molecule is CCN1CCC=C(C(C)N)C1. The Balaban J connectivity index is 2.48. The molecule has 0 saturated heterocycles. The van der Waals surface area contributed by atoms with E-state index in [9.17, 15) is 0 Å². The summed E-state index contributed by atoms with van der Waals surface area (Å²) in [7, 11) is 0. The first-order valence-electron chi connectivity index (χ1n) is 4.41. The van der Waals surface area contributed by atoms with Crippen molar-refractivity contribution >= 4 is 0 Å². The fourth-order valence-corrected chi connectivity index (χ4v) is 1.43. The van der Waals surface area contributed by atoms with Gasteiger partial charge in [0.2, 0.25) is 0 Å². The summed E-state index contributed by atoms with van der Waals surface area (Å²) in [5, 5.41) is 0. The second kappa shape index (κ2) is 3.88. The molecule has 1 rings (SSSR count). The van der Waals surface area contributed by atoms with E-state index >= 15 is 0 Å². The van der Waals surface area contributed by atoms with Crippen molar-refractivity contribution in [2.24, 2.45) is 5.73 Å². The summed E-state index contributed by atoms with van der Waals surface area (Å²) < 4.78 is 0. The van der Waals surface area contributed by atoms with Gasteiger partial charge in [-0.1, -0.05) is 13.0 Å². The predicted octanol–water partition coefficient (Wildman–Crippen LogP) is 0.986. The zero-order valence-electron chi connectivity index (χ0n) is 7.51. The molecule has 0 aromatic rings. The summed E-state index contributed by atoms with van der Waals surface area (Å²) >= 11 is 0. The van der Waals surface area contributed by atoms with E-state index in [4.69, 9.17) is 5.73 Å². The van der Waals surface area contributed by atoms with E-state index < -0.39 is 0 Å². The molecule has 2 heteroatoms. The van der Waals surface area contributed by atoms with Crippen molar-refractivity contribution in [2.75, 3.05) is 19.6 Å². The maximum atomic E-state index is 5.79. The lowest BCUT2D eigenvalue weighted by Crippen LogP contribution is -2.35. The molecule has 0 aromatic carbocycles. The fourth-order valence-electron chi connectivity index (χ4n) is 1.43. The quantitative estimate of drug-likeness (QED) is 0.601. The molecule has 64 valence electrons. The van der Waals surface area contributed by atoms with Crippen LogP contribution in [0.5, 0.6) is 0 Å². The van der Waals surface area contributed by atoms with E-state index in [1.807, 2.05) is 0 Å². The Morgan fingerprint density at radius 3 is 3.00 bits per heavy atom. The molecule has 2 N–H and O–H groups in total. The monoisotopic (exact) mass is 154 g/mol. The molecule has 11 heavy (non-hydrogen) atoms. The van der Waals surface area contributed by atoms with E-state index in [1.165, 1.54) is 18.5 Å². The molecule has 1 atom stereocenters. The van der Waals surface area contributed by atoms with Gasteiger partial charge in [-0.3, -0.25) is 4.90 Å². The lowest BCUT2D eigenvalue weighted by atomic mass is 10.0. The molecule has 1 aliphatic rings. The van der Waals surface area contributed by atoms with Crippen LogP contribution >= 0.6 is 0 Å². The van der Waals surface area contributed by atoms with E-state index in [0.717, 1.165) is 13.1 Å². The molecule has 0 aliphatic carbocycles. The Kier molecular flexibility index (Phi) is 3.09. The van der Waals surface area contributed by atoms with Gasteiger partial charge in [0, 0.05) is 19.1 Å². The summed E-state index contributed by atoms with van der Waals surface area (Å²) in [6, 6.07) is 0.240. The minimum atomic E-state index is 0.240. The van der Waals surface area contributed by atoms with E-state index in [1.54, 1.807) is 0 Å². The second-order valence-electron chi connectivity index (χ2n) is 3.23. The van der Waals surface area contributed by atoms with Crippen LogP contribution in [-0.4, -0.2) is 30.6 Å². The number of rotatable bonds is 2. The first kappa shape index (κ1) is 8.75. The summed E-state index contributed by atoms with van der Waals surface area (Å²) in [4.78, 5) is 2.43. The minimum absolute atomic E-state index is 0.240. The molecule has 2 nitrogen and oxygen atoms in total. The van der Waals surface area contributed by atoms with Crippen LogP contribution in [0.4, 0.5) is 0 Å². The van der Waals surface area contributed by atoms with Gasteiger partial charge in [-0.25, -0.2) is 0 Å². The number of hydrogen-bond acceptors (Lipinski definition) is 2. The minimum Gasteiger partial charge on any atom is -0.324 e. The smallest absolute Gasteiger partial charge is 0.0237 e. The molecule has 0 saturated carbocycles. The van der Waals surface area contributed by atoms with Gasteiger partial charge in [0.05, 0.1) is 0 Å². The normalized spacial score (nSPS) is 23.0. The molecular formula is C9H18N2. The van der Waals surface area contributed by atoms with E-state index in [-0.39, 0.29) is 6.04 Å². The Labute approximate surface area is 69.1 Å². The highest BCUT2D eigenvalue weighted by molar-refractivity contribution is 5.13. The van der Waals surface area contributed by atoms with Crippen molar-refractivity contribution < 1.29 is 0 Å². The van der Waals surface area contributed by atoms with Crippen molar-refractivity contribution in [1.29, 1.82) is 0 Å². The van der Waals surface area contributed by atoms with Crippen LogP contribution in [0.3, 0.4) is 0 Å². The summed E-state index contributed by atoms with van der Waals surface area (Å²) in [5.74, 6) is 0. The predicted molar refractivity (Wildman–Crippen MR) is 48.5 cm³/mol. The highest BCUT2D eigenvalue weighted by Crippen LogP contribution is 2.10. The maximum Gasteiger partial charge on any atom is 0.0237 e. The van der Waals surface area contributed by atoms with Gasteiger partial charge in [-0.2, -0.15) is 0 Å². The van der Waals surface area contributed by atoms with E-state index in [0.29, 0.717) is 0 Å². The number of likely N-dealkylation sites (N-methyl/N-ethyl adjacent to an activating group) is 1. The highest BCUT2D eigenvalue weighted by Gasteiger charge is 2.12. The number of nitrogens with zero attached hydrogens (tertiary/aromatic N) is 1. The fraction of sp³-hybridized carbons (Fsp3) is 0.778. The third kappa shape index (κ3) is 2.31. The summed E-state index contributed by atoms with van der Waals surface area (Å²) in [6.07, 6.45) is 3.46. The molecule has 1 aliphatic heterocycles. The van der Waals surface area contributed by atoms with Gasteiger partial charge in [-0.05, 0) is 25.5 Å². The largest absolute Gasteiger partial charge is 0.324 e. The second-order valence-corrected chi connectivity index (χ2v) is 3.23.